The summed E-state index contributed by atoms with van der Waals surface area (Å²) >= 11 is 6.43. The summed E-state index contributed by atoms with van der Waals surface area (Å²) in [6.45, 7) is 5.12. The molecule has 37 heavy (non-hydrogen) atoms. The lowest BCUT2D eigenvalue weighted by molar-refractivity contribution is -0.132. The molecule has 0 spiro atoms. The number of halogens is 1. The number of benzene rings is 3. The number of hydrogen-bond acceptors (Lipinski definition) is 6. The Morgan fingerprint density at radius 2 is 1.73 bits per heavy atom. The molecule has 1 atom stereocenters. The van der Waals surface area contributed by atoms with Crippen molar-refractivity contribution in [2.45, 2.75) is 26.3 Å². The molecule has 0 aliphatic carbocycles. The summed E-state index contributed by atoms with van der Waals surface area (Å²) in [6, 6.07) is 16.7. The normalized spacial score (nSPS) is 18.2. The molecule has 1 amide bonds. The van der Waals surface area contributed by atoms with Gasteiger partial charge in [-0.3, -0.25) is 14.5 Å². The molecule has 0 saturated carbocycles. The number of amides is 1. The van der Waals surface area contributed by atoms with Crippen LogP contribution >= 0.6 is 11.6 Å². The summed E-state index contributed by atoms with van der Waals surface area (Å²) in [5.41, 5.74) is 2.38. The van der Waals surface area contributed by atoms with Crippen molar-refractivity contribution in [3.8, 4) is 17.2 Å². The molecule has 3 aromatic carbocycles. The molecule has 5 rings (SSSR count). The Morgan fingerprint density at radius 3 is 2.43 bits per heavy atom. The van der Waals surface area contributed by atoms with Gasteiger partial charge in [0.25, 0.3) is 11.7 Å². The van der Waals surface area contributed by atoms with Gasteiger partial charge in [0.05, 0.1) is 23.2 Å². The SMILES string of the molecule is CCOc1ccc(Cl)c(/C(O)=C2\C(=O)C(=O)N(c3ccc4c(c3)OCCO4)C2c2ccc(CC)cc2)c1. The highest BCUT2D eigenvalue weighted by atomic mass is 35.5. The maximum Gasteiger partial charge on any atom is 0.300 e. The standard InChI is InChI=1S/C29H26ClNO6/c1-3-17-5-7-18(8-6-17)26-25(27(32)21-16-20(35-4-2)10-11-22(21)30)28(33)29(34)31(26)19-9-12-23-24(15-19)37-14-13-36-23/h5-12,15-16,26,32H,3-4,13-14H2,1-2H3/b27-25+. The molecular formula is C29H26ClNO6. The largest absolute Gasteiger partial charge is 0.507 e. The quantitative estimate of drug-likeness (QED) is 0.255. The number of carbonyl (C=O) groups is 2. The van der Waals surface area contributed by atoms with Crippen LogP contribution in [0.2, 0.25) is 5.02 Å². The predicted octanol–water partition coefficient (Wildman–Crippen LogP) is 5.70. The van der Waals surface area contributed by atoms with E-state index in [4.69, 9.17) is 25.8 Å². The van der Waals surface area contributed by atoms with Gasteiger partial charge in [0.1, 0.15) is 24.7 Å². The predicted molar refractivity (Wildman–Crippen MR) is 141 cm³/mol. The van der Waals surface area contributed by atoms with Crippen LogP contribution in [0.1, 0.15) is 36.6 Å². The first-order chi connectivity index (χ1) is 17.9. The number of hydrogen-bond donors (Lipinski definition) is 1. The van der Waals surface area contributed by atoms with Crippen molar-refractivity contribution in [1.82, 2.24) is 0 Å². The number of ether oxygens (including phenoxy) is 3. The second kappa shape index (κ2) is 10.2. The molecule has 2 aliphatic rings. The highest BCUT2D eigenvalue weighted by Crippen LogP contribution is 2.45. The average molecular weight is 520 g/mol. The summed E-state index contributed by atoms with van der Waals surface area (Å²) in [4.78, 5) is 28.3. The zero-order chi connectivity index (χ0) is 26.1. The Kier molecular flexibility index (Phi) is 6.80. The highest BCUT2D eigenvalue weighted by Gasteiger charge is 2.47. The number of rotatable bonds is 6. The number of aryl methyl sites for hydroxylation is 1. The van der Waals surface area contributed by atoms with Crippen LogP contribution in [0.5, 0.6) is 17.2 Å². The number of aliphatic hydroxyl groups excluding tert-OH is 1. The lowest BCUT2D eigenvalue weighted by Crippen LogP contribution is -2.29. The topological polar surface area (TPSA) is 85.3 Å². The van der Waals surface area contributed by atoms with E-state index in [0.29, 0.717) is 48.3 Å². The molecule has 0 aromatic heterocycles. The number of aliphatic hydroxyl groups is 1. The lowest BCUT2D eigenvalue weighted by Gasteiger charge is -2.27. The maximum atomic E-state index is 13.5. The minimum Gasteiger partial charge on any atom is -0.507 e. The third-order valence-corrected chi connectivity index (χ3v) is 6.79. The van der Waals surface area contributed by atoms with Gasteiger partial charge in [0, 0.05) is 17.3 Å². The van der Waals surface area contributed by atoms with Gasteiger partial charge in [-0.2, -0.15) is 0 Å². The Labute approximate surface area is 219 Å². The summed E-state index contributed by atoms with van der Waals surface area (Å²) in [6.07, 6.45) is 0.836. The number of anilines is 1. The van der Waals surface area contributed by atoms with Crippen molar-refractivity contribution in [2.24, 2.45) is 0 Å². The second-order valence-electron chi connectivity index (χ2n) is 8.67. The van der Waals surface area contributed by atoms with Gasteiger partial charge in [-0.1, -0.05) is 42.8 Å². The number of ketones is 1. The zero-order valence-electron chi connectivity index (χ0n) is 20.5. The molecule has 3 aromatic rings. The van der Waals surface area contributed by atoms with Crippen LogP contribution in [0.25, 0.3) is 5.76 Å². The summed E-state index contributed by atoms with van der Waals surface area (Å²) in [5.74, 6) is -0.407. The molecule has 1 unspecified atom stereocenters. The zero-order valence-corrected chi connectivity index (χ0v) is 21.2. The number of Topliss-reactive ketones (excluding diaryl/α,β-unsaturated/α-hetero) is 1. The smallest absolute Gasteiger partial charge is 0.300 e. The molecule has 1 saturated heterocycles. The third-order valence-electron chi connectivity index (χ3n) is 6.46. The first kappa shape index (κ1) is 24.7. The van der Waals surface area contributed by atoms with E-state index in [1.807, 2.05) is 38.1 Å². The van der Waals surface area contributed by atoms with Crippen molar-refractivity contribution in [3.63, 3.8) is 0 Å². The molecule has 1 N–H and O–H groups in total. The van der Waals surface area contributed by atoms with E-state index < -0.39 is 17.7 Å². The number of fused-ring (bicyclic) bond motifs is 1. The van der Waals surface area contributed by atoms with Crippen LogP contribution in [-0.2, 0) is 16.0 Å². The molecule has 2 heterocycles. The van der Waals surface area contributed by atoms with Crippen molar-refractivity contribution >= 4 is 34.7 Å². The fourth-order valence-corrected chi connectivity index (χ4v) is 4.83. The Balaban J connectivity index is 1.70. The van der Waals surface area contributed by atoms with E-state index in [9.17, 15) is 14.7 Å². The van der Waals surface area contributed by atoms with Crippen molar-refractivity contribution in [1.29, 1.82) is 0 Å². The maximum absolute atomic E-state index is 13.5. The fraction of sp³-hybridized carbons (Fsp3) is 0.241. The molecule has 1 fully saturated rings. The molecule has 0 bridgehead atoms. The van der Waals surface area contributed by atoms with E-state index in [0.717, 1.165) is 12.0 Å². The summed E-state index contributed by atoms with van der Waals surface area (Å²) < 4.78 is 16.9. The van der Waals surface area contributed by atoms with Gasteiger partial charge >= 0.3 is 0 Å². The Hall–Kier alpha value is -3.97. The molecular weight excluding hydrogens is 494 g/mol. The van der Waals surface area contributed by atoms with E-state index in [2.05, 4.69) is 0 Å². The molecule has 0 radical (unpaired) electrons. The van der Waals surface area contributed by atoms with E-state index in [1.165, 1.54) is 4.90 Å². The minimum atomic E-state index is -0.889. The van der Waals surface area contributed by atoms with Gasteiger partial charge in [0.15, 0.2) is 11.5 Å². The molecule has 8 heteroatoms. The lowest BCUT2D eigenvalue weighted by atomic mass is 9.94. The Bertz CT molecular complexity index is 1400. The minimum absolute atomic E-state index is 0.0558. The van der Waals surface area contributed by atoms with Crippen molar-refractivity contribution < 1.29 is 28.9 Å². The second-order valence-corrected chi connectivity index (χ2v) is 9.07. The monoisotopic (exact) mass is 519 g/mol. The van der Waals surface area contributed by atoms with E-state index in [-0.39, 0.29) is 21.9 Å². The van der Waals surface area contributed by atoms with Crippen LogP contribution < -0.4 is 19.1 Å². The van der Waals surface area contributed by atoms with Crippen molar-refractivity contribution in [2.75, 3.05) is 24.7 Å². The van der Waals surface area contributed by atoms with E-state index in [1.54, 1.807) is 36.4 Å². The third kappa shape index (κ3) is 4.51. The van der Waals surface area contributed by atoms with Gasteiger partial charge < -0.3 is 19.3 Å². The average Bonchev–Trinajstić information content (AvgIpc) is 3.19. The van der Waals surface area contributed by atoms with Crippen LogP contribution in [0, 0.1) is 0 Å². The number of carbonyl (C=O) groups excluding carboxylic acids is 2. The van der Waals surface area contributed by atoms with Gasteiger partial charge in [-0.15, -0.1) is 0 Å². The van der Waals surface area contributed by atoms with Crippen LogP contribution in [-0.4, -0.2) is 36.6 Å². The van der Waals surface area contributed by atoms with E-state index >= 15 is 0 Å². The summed E-state index contributed by atoms with van der Waals surface area (Å²) in [7, 11) is 0. The number of nitrogens with zero attached hydrogens (tertiary/aromatic N) is 1. The molecule has 7 nitrogen and oxygen atoms in total. The highest BCUT2D eigenvalue weighted by molar-refractivity contribution is 6.52. The van der Waals surface area contributed by atoms with Gasteiger partial charge in [-0.25, -0.2) is 0 Å². The van der Waals surface area contributed by atoms with Gasteiger partial charge in [-0.05, 0) is 54.8 Å². The molecule has 2 aliphatic heterocycles. The van der Waals surface area contributed by atoms with Crippen LogP contribution in [0.3, 0.4) is 0 Å². The van der Waals surface area contributed by atoms with Crippen molar-refractivity contribution in [3.05, 3.63) is 87.9 Å². The van der Waals surface area contributed by atoms with Gasteiger partial charge in [0.2, 0.25) is 0 Å². The van der Waals surface area contributed by atoms with Crippen LogP contribution in [0.4, 0.5) is 5.69 Å². The first-order valence-electron chi connectivity index (χ1n) is 12.1. The Morgan fingerprint density at radius 1 is 1.00 bits per heavy atom. The van der Waals surface area contributed by atoms with Crippen LogP contribution in [0.15, 0.2) is 66.2 Å². The summed E-state index contributed by atoms with van der Waals surface area (Å²) in [5, 5.41) is 11.7. The fourth-order valence-electron chi connectivity index (χ4n) is 4.62. The molecule has 190 valence electrons. The first-order valence-corrected chi connectivity index (χ1v) is 12.5.